The Kier molecular flexibility index (Phi) is 3.82. The van der Waals surface area contributed by atoms with Crippen LogP contribution in [0.2, 0.25) is 0 Å². The van der Waals surface area contributed by atoms with Crippen molar-refractivity contribution in [3.8, 4) is 67.5 Å². The normalized spacial score (nSPS) is 17.6. The Labute approximate surface area is 347 Å². The maximum absolute atomic E-state index is 9.36. The summed E-state index contributed by atoms with van der Waals surface area (Å²) >= 11 is 0. The summed E-state index contributed by atoms with van der Waals surface area (Å²) in [7, 11) is 0. The number of nitrogens with zero attached hydrogens (tertiary/aromatic N) is 3. The third kappa shape index (κ3) is 5.98. The lowest BCUT2D eigenvalue weighted by atomic mass is 9.92. The Morgan fingerprint density at radius 2 is 0.833 bits per heavy atom. The smallest absolute Gasteiger partial charge is 0.164 e. The molecular weight excluding hydrogens is 655 g/mol. The van der Waals surface area contributed by atoms with Gasteiger partial charge in [-0.25, -0.2) is 15.0 Å². The first kappa shape index (κ1) is 15.4. The Hall–Kier alpha value is -7.23. The summed E-state index contributed by atoms with van der Waals surface area (Å²) in [5, 5.41) is -0.500. The van der Waals surface area contributed by atoms with E-state index in [-0.39, 0.29) is 38.6 Å². The molecule has 0 saturated carbocycles. The van der Waals surface area contributed by atoms with Gasteiger partial charge in [0.2, 0.25) is 0 Å². The molecule has 0 aliphatic carbocycles. The van der Waals surface area contributed by atoms with Gasteiger partial charge in [0.05, 0.1) is 32.9 Å². The second-order valence-electron chi connectivity index (χ2n) is 11.9. The molecule has 0 aliphatic rings. The largest absolute Gasteiger partial charge is 0.208 e. The van der Waals surface area contributed by atoms with Crippen LogP contribution in [0.15, 0.2) is 200 Å². The fourth-order valence-corrected chi connectivity index (χ4v) is 6.06. The molecular formula is C51H33N3. The van der Waals surface area contributed by atoms with E-state index < -0.39 is 184 Å². The quantitative estimate of drug-likeness (QED) is 0.172. The number of benzene rings is 9. The molecule has 0 amide bonds. The third-order valence-electron chi connectivity index (χ3n) is 8.59. The summed E-state index contributed by atoms with van der Waals surface area (Å²) < 4.78 is 208. The highest BCUT2D eigenvalue weighted by Gasteiger charge is 2.16. The molecule has 0 aliphatic heterocycles. The Morgan fingerprint density at radius 3 is 1.57 bits per heavy atom. The minimum Gasteiger partial charge on any atom is -0.208 e. The molecule has 0 saturated heterocycles. The van der Waals surface area contributed by atoms with Crippen LogP contribution in [0, 0.1) is 0 Å². The Bertz CT molecular complexity index is 4320. The van der Waals surface area contributed by atoms with Crippen LogP contribution in [0.1, 0.15) is 32.9 Å². The van der Waals surface area contributed by atoms with Crippen LogP contribution in [0.4, 0.5) is 0 Å². The van der Waals surface area contributed by atoms with E-state index in [1.807, 2.05) is 0 Å². The van der Waals surface area contributed by atoms with Gasteiger partial charge in [-0.15, -0.1) is 0 Å². The lowest BCUT2D eigenvalue weighted by molar-refractivity contribution is 1.07. The van der Waals surface area contributed by atoms with Crippen LogP contribution >= 0.6 is 0 Å². The zero-order valence-corrected chi connectivity index (χ0v) is 27.5. The molecule has 54 heavy (non-hydrogen) atoms. The van der Waals surface area contributed by atoms with Crippen LogP contribution < -0.4 is 0 Å². The summed E-state index contributed by atoms with van der Waals surface area (Å²) in [6.45, 7) is 0. The maximum Gasteiger partial charge on any atom is 0.164 e. The fraction of sp³-hybridized carbons (Fsp3) is 0. The van der Waals surface area contributed by atoms with Gasteiger partial charge in [0, 0.05) is 16.7 Å². The number of fused-ring (bicyclic) bond motifs is 3. The van der Waals surface area contributed by atoms with E-state index in [1.165, 1.54) is 18.2 Å². The maximum atomic E-state index is 9.36. The molecule has 252 valence electrons. The highest BCUT2D eigenvalue weighted by Crippen LogP contribution is 2.37. The number of hydrogen-bond donors (Lipinski definition) is 0. The van der Waals surface area contributed by atoms with Crippen molar-refractivity contribution in [3.05, 3.63) is 200 Å². The van der Waals surface area contributed by atoms with E-state index in [2.05, 4.69) is 15.0 Å². The van der Waals surface area contributed by atoms with Gasteiger partial charge in [0.1, 0.15) is 0 Å². The van der Waals surface area contributed by atoms with Gasteiger partial charge in [0.15, 0.2) is 17.5 Å². The highest BCUT2D eigenvalue weighted by molar-refractivity contribution is 5.99. The predicted octanol–water partition coefficient (Wildman–Crippen LogP) is 13.3. The first-order valence-electron chi connectivity index (χ1n) is 28.3. The number of aromatic nitrogens is 3. The van der Waals surface area contributed by atoms with Crippen molar-refractivity contribution in [1.82, 2.24) is 15.0 Å². The Morgan fingerprint density at radius 1 is 0.296 bits per heavy atom. The molecule has 0 N–H and O–H groups in total. The lowest BCUT2D eigenvalue weighted by Gasteiger charge is -2.14. The molecule has 0 atom stereocenters. The molecule has 1 aromatic heterocycles. The molecule has 0 bridgehead atoms. The summed E-state index contributed by atoms with van der Waals surface area (Å²) in [5.41, 5.74) is -0.517. The van der Waals surface area contributed by atoms with Crippen molar-refractivity contribution in [2.24, 2.45) is 0 Å². The molecule has 0 radical (unpaired) electrons. The van der Waals surface area contributed by atoms with Gasteiger partial charge in [-0.05, 0) is 102 Å². The van der Waals surface area contributed by atoms with Crippen LogP contribution in [-0.2, 0) is 0 Å². The topological polar surface area (TPSA) is 38.7 Å². The second-order valence-corrected chi connectivity index (χ2v) is 11.9. The zero-order valence-electron chi connectivity index (χ0n) is 51.5. The standard InChI is InChI=1S/C51H33N3/c1-3-12-34(13-4-1)39-23-24-41-29-42(26-25-40(41)28-39)44-31-45(48-21-11-19-36-15-9-10-20-47(36)48)33-46(32-44)51-53-49(37-16-5-2-6-17-37)52-50(54-51)43-27-22-35-14-7-8-18-38(35)30-43/h1-33H/i1D,2D,3D,4D,5D,6D,7D,8D,9D,10D,11D,12D,13D,14D,15D,16D,17D,18D,19D,20D,21D,22D,27D,30D. The van der Waals surface area contributed by atoms with Crippen LogP contribution in [0.5, 0.6) is 0 Å². The van der Waals surface area contributed by atoms with Gasteiger partial charge in [-0.2, -0.15) is 0 Å². The average molecular weight is 712 g/mol. The molecule has 10 rings (SSSR count). The third-order valence-corrected chi connectivity index (χ3v) is 8.59. The van der Waals surface area contributed by atoms with E-state index in [0.29, 0.717) is 21.9 Å². The fourth-order valence-electron chi connectivity index (χ4n) is 6.06. The molecule has 0 fully saturated rings. The SMILES string of the molecule is [2H]c1c([2H])c([2H])c(-c2ccc3cc(-c4cc(-c5nc(-c6c([2H])c([2H])c([2H])c([2H])c6[2H])nc(-c6c([2H])c([2H])c7c([2H])c([2H])c([2H])c([2H])c7c6[2H])n5)cc(-c5c([2H])c([2H])c([2H])c6c([2H])c([2H])c([2H])c([2H])c56)c4)ccc3c2)c([2H])c1[2H]. The minimum absolute atomic E-state index is 0.0171. The summed E-state index contributed by atoms with van der Waals surface area (Å²) in [6, 6.07) is -1.99. The van der Waals surface area contributed by atoms with Crippen LogP contribution in [0.3, 0.4) is 0 Å². The van der Waals surface area contributed by atoms with E-state index in [4.69, 9.17) is 28.8 Å². The van der Waals surface area contributed by atoms with Crippen LogP contribution in [0.25, 0.3) is 99.9 Å². The second kappa shape index (κ2) is 13.4. The van der Waals surface area contributed by atoms with Crippen molar-refractivity contribution >= 4 is 32.3 Å². The van der Waals surface area contributed by atoms with E-state index in [0.717, 1.165) is 0 Å². The molecule has 3 nitrogen and oxygen atoms in total. The van der Waals surface area contributed by atoms with Gasteiger partial charge in [-0.1, -0.05) is 163 Å². The first-order valence-corrected chi connectivity index (χ1v) is 16.3. The Balaban J connectivity index is 1.31. The van der Waals surface area contributed by atoms with Gasteiger partial charge in [-0.3, -0.25) is 0 Å². The zero-order chi connectivity index (χ0) is 56.7. The summed E-state index contributed by atoms with van der Waals surface area (Å²) in [5.74, 6) is -1.66. The number of hydrogen-bond acceptors (Lipinski definition) is 3. The van der Waals surface area contributed by atoms with Crippen molar-refractivity contribution in [1.29, 1.82) is 0 Å². The van der Waals surface area contributed by atoms with E-state index in [9.17, 15) is 4.11 Å². The van der Waals surface area contributed by atoms with Crippen LogP contribution in [-0.4, -0.2) is 15.0 Å². The van der Waals surface area contributed by atoms with Gasteiger partial charge >= 0.3 is 0 Å². The monoisotopic (exact) mass is 711 g/mol. The molecule has 1 heterocycles. The molecule has 0 spiro atoms. The summed E-state index contributed by atoms with van der Waals surface area (Å²) in [4.78, 5) is 13.7. The van der Waals surface area contributed by atoms with Crippen molar-refractivity contribution in [2.45, 2.75) is 0 Å². The summed E-state index contributed by atoms with van der Waals surface area (Å²) in [6.07, 6.45) is 0. The van der Waals surface area contributed by atoms with Gasteiger partial charge < -0.3 is 0 Å². The van der Waals surface area contributed by atoms with E-state index >= 15 is 0 Å². The van der Waals surface area contributed by atoms with E-state index in [1.54, 1.807) is 36.4 Å². The average Bonchev–Trinajstić information content (AvgIpc) is 3.51. The van der Waals surface area contributed by atoms with Crippen molar-refractivity contribution < 1.29 is 32.9 Å². The molecule has 9 aromatic carbocycles. The van der Waals surface area contributed by atoms with Crippen molar-refractivity contribution in [3.63, 3.8) is 0 Å². The predicted molar refractivity (Wildman–Crippen MR) is 225 cm³/mol. The minimum atomic E-state index is -0.795. The van der Waals surface area contributed by atoms with Gasteiger partial charge in [0.25, 0.3) is 0 Å². The lowest BCUT2D eigenvalue weighted by Crippen LogP contribution is -2.00. The van der Waals surface area contributed by atoms with Crippen molar-refractivity contribution in [2.75, 3.05) is 0 Å². The number of rotatable bonds is 6. The first-order chi connectivity index (χ1) is 36.7. The molecule has 0 unspecified atom stereocenters. The molecule has 3 heteroatoms. The molecule has 10 aromatic rings. The highest BCUT2D eigenvalue weighted by atomic mass is 15.0.